The summed E-state index contributed by atoms with van der Waals surface area (Å²) in [6, 6.07) is 9.67. The maximum atomic E-state index is 12.2. The van der Waals surface area contributed by atoms with Crippen molar-refractivity contribution in [2.75, 3.05) is 5.32 Å². The monoisotopic (exact) mass is 400 g/mol. The second kappa shape index (κ2) is 7.03. The number of carbonyl (C=O) groups excluding carboxylic acids is 1. The van der Waals surface area contributed by atoms with Crippen LogP contribution in [0.3, 0.4) is 0 Å². The van der Waals surface area contributed by atoms with Crippen LogP contribution < -0.4 is 5.32 Å². The van der Waals surface area contributed by atoms with Gasteiger partial charge in [-0.15, -0.1) is 0 Å². The number of carbonyl (C=O) groups is 1. The Bertz CT molecular complexity index is 924. The molecule has 0 bridgehead atoms. The fourth-order valence-electron chi connectivity index (χ4n) is 1.92. The van der Waals surface area contributed by atoms with Gasteiger partial charge in [-0.3, -0.25) is 4.79 Å². The smallest absolute Gasteiger partial charge is 0.277 e. The van der Waals surface area contributed by atoms with Crippen LogP contribution in [-0.2, 0) is 0 Å². The van der Waals surface area contributed by atoms with Crippen molar-refractivity contribution in [1.29, 1.82) is 0 Å². The van der Waals surface area contributed by atoms with E-state index in [1.807, 2.05) is 0 Å². The lowest BCUT2D eigenvalue weighted by atomic mass is 10.2. The standard InChI is InChI=1S/C16H8Cl4N2O2/c17-9-2-4-13(12(20)6-9)21-15(23)14-7-24-16(22-14)8-1-3-10(18)11(19)5-8/h1-7H,(H,21,23). The molecule has 4 nitrogen and oxygen atoms in total. The van der Waals surface area contributed by atoms with E-state index in [9.17, 15) is 4.79 Å². The second-order valence-electron chi connectivity index (χ2n) is 4.75. The van der Waals surface area contributed by atoms with Gasteiger partial charge >= 0.3 is 0 Å². The maximum absolute atomic E-state index is 12.2. The Hall–Kier alpha value is -1.72. The molecule has 0 saturated heterocycles. The summed E-state index contributed by atoms with van der Waals surface area (Å²) in [5.41, 5.74) is 1.13. The highest BCUT2D eigenvalue weighted by atomic mass is 35.5. The van der Waals surface area contributed by atoms with E-state index >= 15 is 0 Å². The lowest BCUT2D eigenvalue weighted by Crippen LogP contribution is -2.12. The van der Waals surface area contributed by atoms with Gasteiger partial charge in [-0.2, -0.15) is 0 Å². The van der Waals surface area contributed by atoms with Crippen LogP contribution in [0.5, 0.6) is 0 Å². The second-order valence-corrected chi connectivity index (χ2v) is 6.40. The first-order chi connectivity index (χ1) is 11.4. The van der Waals surface area contributed by atoms with E-state index in [0.717, 1.165) is 0 Å². The van der Waals surface area contributed by atoms with Crippen molar-refractivity contribution < 1.29 is 9.21 Å². The summed E-state index contributed by atoms with van der Waals surface area (Å²) in [7, 11) is 0. The van der Waals surface area contributed by atoms with Crippen molar-refractivity contribution in [3.63, 3.8) is 0 Å². The molecular weight excluding hydrogens is 394 g/mol. The lowest BCUT2D eigenvalue weighted by molar-refractivity contribution is 0.102. The summed E-state index contributed by atoms with van der Waals surface area (Å²) in [4.78, 5) is 16.4. The first-order valence-electron chi connectivity index (χ1n) is 6.61. The number of benzene rings is 2. The normalized spacial score (nSPS) is 10.7. The fourth-order valence-corrected chi connectivity index (χ4v) is 2.67. The van der Waals surface area contributed by atoms with E-state index < -0.39 is 5.91 Å². The van der Waals surface area contributed by atoms with Crippen LogP contribution in [0.2, 0.25) is 20.1 Å². The van der Waals surface area contributed by atoms with E-state index in [2.05, 4.69) is 10.3 Å². The maximum Gasteiger partial charge on any atom is 0.277 e. The quantitative estimate of drug-likeness (QED) is 0.567. The van der Waals surface area contributed by atoms with Crippen LogP contribution in [0, 0.1) is 0 Å². The number of amides is 1. The summed E-state index contributed by atoms with van der Waals surface area (Å²) in [6.45, 7) is 0. The van der Waals surface area contributed by atoms with Crippen molar-refractivity contribution in [2.45, 2.75) is 0 Å². The molecule has 8 heteroatoms. The molecule has 0 spiro atoms. The van der Waals surface area contributed by atoms with Gasteiger partial charge < -0.3 is 9.73 Å². The number of hydrogen-bond acceptors (Lipinski definition) is 3. The fraction of sp³-hybridized carbons (Fsp3) is 0. The average molecular weight is 402 g/mol. The van der Waals surface area contributed by atoms with Crippen LogP contribution >= 0.6 is 46.4 Å². The predicted octanol–water partition coefficient (Wildman–Crippen LogP) is 6.21. The van der Waals surface area contributed by atoms with Crippen molar-refractivity contribution in [2.24, 2.45) is 0 Å². The highest BCUT2D eigenvalue weighted by Crippen LogP contribution is 2.29. The van der Waals surface area contributed by atoms with Gasteiger partial charge in [0.05, 0.1) is 20.8 Å². The molecule has 0 fully saturated rings. The zero-order chi connectivity index (χ0) is 17.3. The first-order valence-corrected chi connectivity index (χ1v) is 8.12. The molecule has 1 aromatic heterocycles. The number of aromatic nitrogens is 1. The number of halogens is 4. The molecule has 3 aromatic rings. The molecule has 0 aliphatic carbocycles. The van der Waals surface area contributed by atoms with Crippen molar-refractivity contribution in [3.8, 4) is 11.5 Å². The number of nitrogens with one attached hydrogen (secondary N) is 1. The Morgan fingerprint density at radius 2 is 1.75 bits per heavy atom. The summed E-state index contributed by atoms with van der Waals surface area (Å²) in [5.74, 6) is -0.213. The molecule has 3 rings (SSSR count). The minimum Gasteiger partial charge on any atom is -0.444 e. The molecule has 0 radical (unpaired) electrons. The molecule has 0 aliphatic rings. The lowest BCUT2D eigenvalue weighted by Gasteiger charge is -2.05. The number of hydrogen-bond donors (Lipinski definition) is 1. The van der Waals surface area contributed by atoms with Gasteiger partial charge in [-0.05, 0) is 36.4 Å². The van der Waals surface area contributed by atoms with Crippen LogP contribution in [0.4, 0.5) is 5.69 Å². The largest absolute Gasteiger partial charge is 0.444 e. The summed E-state index contributed by atoms with van der Waals surface area (Å²) >= 11 is 23.7. The Morgan fingerprint density at radius 1 is 0.958 bits per heavy atom. The predicted molar refractivity (Wildman–Crippen MR) is 96.4 cm³/mol. The summed E-state index contributed by atoms with van der Waals surface area (Å²) < 4.78 is 5.33. The Kier molecular flexibility index (Phi) is 5.01. The molecule has 1 heterocycles. The number of anilines is 1. The van der Waals surface area contributed by atoms with Gasteiger partial charge in [0, 0.05) is 10.6 Å². The molecule has 24 heavy (non-hydrogen) atoms. The Labute approximate surface area is 157 Å². The van der Waals surface area contributed by atoms with Gasteiger partial charge in [-0.25, -0.2) is 4.98 Å². The summed E-state index contributed by atoms with van der Waals surface area (Å²) in [5, 5.41) is 4.22. The molecule has 0 unspecified atom stereocenters. The highest BCUT2D eigenvalue weighted by molar-refractivity contribution is 6.42. The number of nitrogens with zero attached hydrogens (tertiary/aromatic N) is 1. The Balaban J connectivity index is 1.82. The van der Waals surface area contributed by atoms with Crippen LogP contribution in [-0.4, -0.2) is 10.9 Å². The van der Waals surface area contributed by atoms with Crippen molar-refractivity contribution >= 4 is 58.0 Å². The van der Waals surface area contributed by atoms with Crippen LogP contribution in [0.25, 0.3) is 11.5 Å². The van der Waals surface area contributed by atoms with Crippen molar-refractivity contribution in [1.82, 2.24) is 4.98 Å². The van der Waals surface area contributed by atoms with E-state index in [1.165, 1.54) is 12.3 Å². The van der Waals surface area contributed by atoms with Gasteiger partial charge in [0.1, 0.15) is 6.26 Å². The van der Waals surface area contributed by atoms with Crippen molar-refractivity contribution in [3.05, 3.63) is 68.4 Å². The third-order valence-corrected chi connectivity index (χ3v) is 4.37. The molecule has 0 aliphatic heterocycles. The molecular formula is C16H8Cl4N2O2. The van der Waals surface area contributed by atoms with Gasteiger partial charge in [0.25, 0.3) is 5.91 Å². The first kappa shape index (κ1) is 17.1. The Morgan fingerprint density at radius 3 is 2.46 bits per heavy atom. The molecule has 1 amide bonds. The topological polar surface area (TPSA) is 55.1 Å². The zero-order valence-corrected chi connectivity index (χ0v) is 14.8. The third kappa shape index (κ3) is 3.68. The molecule has 0 saturated carbocycles. The number of oxazole rings is 1. The third-order valence-electron chi connectivity index (χ3n) is 3.08. The van der Waals surface area contributed by atoms with Gasteiger partial charge in [0.15, 0.2) is 5.69 Å². The van der Waals surface area contributed by atoms with E-state index in [1.54, 1.807) is 30.3 Å². The van der Waals surface area contributed by atoms with E-state index in [0.29, 0.717) is 31.3 Å². The zero-order valence-electron chi connectivity index (χ0n) is 11.8. The van der Waals surface area contributed by atoms with Crippen LogP contribution in [0.15, 0.2) is 47.1 Å². The minimum atomic E-state index is -0.464. The van der Waals surface area contributed by atoms with Crippen LogP contribution in [0.1, 0.15) is 10.5 Å². The average Bonchev–Trinajstić information content (AvgIpc) is 3.03. The molecule has 0 atom stereocenters. The van der Waals surface area contributed by atoms with Gasteiger partial charge in [0.2, 0.25) is 5.89 Å². The molecule has 1 N–H and O–H groups in total. The molecule has 2 aromatic carbocycles. The summed E-state index contributed by atoms with van der Waals surface area (Å²) in [6.07, 6.45) is 1.25. The van der Waals surface area contributed by atoms with E-state index in [-0.39, 0.29) is 11.6 Å². The highest BCUT2D eigenvalue weighted by Gasteiger charge is 2.15. The van der Waals surface area contributed by atoms with Gasteiger partial charge in [-0.1, -0.05) is 46.4 Å². The SMILES string of the molecule is O=C(Nc1ccc(Cl)cc1Cl)c1coc(-c2ccc(Cl)c(Cl)c2)n1. The van der Waals surface area contributed by atoms with E-state index in [4.69, 9.17) is 50.8 Å². The number of rotatable bonds is 3. The minimum absolute atomic E-state index is 0.0992. The molecule has 122 valence electrons.